The van der Waals surface area contributed by atoms with Crippen LogP contribution in [0.1, 0.15) is 30.7 Å². The molecule has 1 N–H and O–H groups in total. The van der Waals surface area contributed by atoms with Gasteiger partial charge in [0.25, 0.3) is 5.91 Å². The molecular weight excluding hydrogens is 378 g/mol. The average Bonchev–Trinajstić information content (AvgIpc) is 3.24. The third-order valence-corrected chi connectivity index (χ3v) is 4.77. The standard InChI is InChI=1S/C17H12BrNO3S/c18-12-5-3-11(4-6-12)17(21)19-10-13-7-8-15(23-13)16(20)14-2-1-9-22-14/h1-9H,10H2,(H,19,21). The van der Waals surface area contributed by atoms with Gasteiger partial charge >= 0.3 is 0 Å². The van der Waals surface area contributed by atoms with Crippen molar-refractivity contribution in [2.24, 2.45) is 0 Å². The van der Waals surface area contributed by atoms with Crippen molar-refractivity contribution >= 4 is 39.0 Å². The van der Waals surface area contributed by atoms with Gasteiger partial charge in [-0.25, -0.2) is 0 Å². The summed E-state index contributed by atoms with van der Waals surface area (Å²) in [5.74, 6) is 0.0209. The minimum atomic E-state index is -0.148. The molecule has 4 nitrogen and oxygen atoms in total. The lowest BCUT2D eigenvalue weighted by Gasteiger charge is -2.03. The number of ketones is 1. The molecule has 0 aliphatic carbocycles. The van der Waals surface area contributed by atoms with Gasteiger partial charge in [-0.05, 0) is 48.5 Å². The van der Waals surface area contributed by atoms with Gasteiger partial charge in [0.1, 0.15) is 0 Å². The maximum Gasteiger partial charge on any atom is 0.251 e. The van der Waals surface area contributed by atoms with Crippen molar-refractivity contribution in [3.05, 3.63) is 80.3 Å². The quantitative estimate of drug-likeness (QED) is 0.663. The zero-order valence-corrected chi connectivity index (χ0v) is 14.3. The molecule has 0 radical (unpaired) electrons. The van der Waals surface area contributed by atoms with Crippen molar-refractivity contribution in [3.8, 4) is 0 Å². The monoisotopic (exact) mass is 389 g/mol. The summed E-state index contributed by atoms with van der Waals surface area (Å²) in [6.45, 7) is 0.380. The van der Waals surface area contributed by atoms with Crippen LogP contribution < -0.4 is 5.32 Å². The van der Waals surface area contributed by atoms with Gasteiger partial charge < -0.3 is 9.73 Å². The van der Waals surface area contributed by atoms with Crippen LogP contribution in [0.4, 0.5) is 0 Å². The predicted molar refractivity (Wildman–Crippen MR) is 91.8 cm³/mol. The van der Waals surface area contributed by atoms with E-state index in [9.17, 15) is 9.59 Å². The number of furan rings is 1. The highest BCUT2D eigenvalue weighted by molar-refractivity contribution is 9.10. The van der Waals surface area contributed by atoms with Crippen LogP contribution in [0, 0.1) is 0 Å². The predicted octanol–water partition coefficient (Wildman–Crippen LogP) is 4.26. The topological polar surface area (TPSA) is 59.3 Å². The SMILES string of the molecule is O=C(NCc1ccc(C(=O)c2ccco2)s1)c1ccc(Br)cc1. The van der Waals surface area contributed by atoms with Gasteiger partial charge in [-0.15, -0.1) is 11.3 Å². The lowest BCUT2D eigenvalue weighted by atomic mass is 10.2. The van der Waals surface area contributed by atoms with Crippen LogP contribution in [0.5, 0.6) is 0 Å². The number of carbonyl (C=O) groups is 2. The van der Waals surface area contributed by atoms with Crippen molar-refractivity contribution in [2.45, 2.75) is 6.54 Å². The van der Waals surface area contributed by atoms with Gasteiger partial charge in [0.15, 0.2) is 5.76 Å². The second-order valence-electron chi connectivity index (χ2n) is 4.76. The minimum absolute atomic E-state index is 0.148. The fourth-order valence-electron chi connectivity index (χ4n) is 1.99. The lowest BCUT2D eigenvalue weighted by Crippen LogP contribution is -2.22. The lowest BCUT2D eigenvalue weighted by molar-refractivity contribution is 0.0950. The van der Waals surface area contributed by atoms with Gasteiger partial charge in [-0.1, -0.05) is 15.9 Å². The third kappa shape index (κ3) is 3.78. The van der Waals surface area contributed by atoms with E-state index >= 15 is 0 Å². The van der Waals surface area contributed by atoms with Crippen molar-refractivity contribution in [3.63, 3.8) is 0 Å². The second-order valence-corrected chi connectivity index (χ2v) is 6.85. The molecule has 2 aromatic heterocycles. The van der Waals surface area contributed by atoms with E-state index in [4.69, 9.17) is 4.42 Å². The molecule has 0 unspecified atom stereocenters. The Morgan fingerprint density at radius 1 is 1.09 bits per heavy atom. The highest BCUT2D eigenvalue weighted by Crippen LogP contribution is 2.20. The van der Waals surface area contributed by atoms with Crippen LogP contribution >= 0.6 is 27.3 Å². The van der Waals surface area contributed by atoms with E-state index in [1.165, 1.54) is 17.6 Å². The number of carbonyl (C=O) groups excluding carboxylic acids is 2. The minimum Gasteiger partial charge on any atom is -0.461 e. The highest BCUT2D eigenvalue weighted by Gasteiger charge is 2.14. The number of amides is 1. The smallest absolute Gasteiger partial charge is 0.251 e. The molecule has 0 saturated carbocycles. The molecule has 116 valence electrons. The van der Waals surface area contributed by atoms with Crippen LogP contribution in [0.25, 0.3) is 0 Å². The summed E-state index contributed by atoms with van der Waals surface area (Å²) in [6, 6.07) is 14.0. The highest BCUT2D eigenvalue weighted by atomic mass is 79.9. The third-order valence-electron chi connectivity index (χ3n) is 3.16. The average molecular weight is 390 g/mol. The molecule has 0 saturated heterocycles. The molecule has 1 amide bonds. The molecule has 0 bridgehead atoms. The molecular formula is C17H12BrNO3S. The largest absolute Gasteiger partial charge is 0.461 e. The molecule has 0 atom stereocenters. The van der Waals surface area contributed by atoms with E-state index in [-0.39, 0.29) is 11.7 Å². The molecule has 0 fully saturated rings. The molecule has 1 aromatic carbocycles. The van der Waals surface area contributed by atoms with Gasteiger partial charge in [0, 0.05) is 14.9 Å². The maximum atomic E-state index is 12.1. The zero-order valence-electron chi connectivity index (χ0n) is 11.9. The number of thiophene rings is 1. The van der Waals surface area contributed by atoms with Crippen molar-refractivity contribution < 1.29 is 14.0 Å². The summed E-state index contributed by atoms with van der Waals surface area (Å²) < 4.78 is 6.03. The van der Waals surface area contributed by atoms with E-state index in [1.54, 1.807) is 30.3 Å². The van der Waals surface area contributed by atoms with Gasteiger partial charge in [-0.2, -0.15) is 0 Å². The summed E-state index contributed by atoms with van der Waals surface area (Å²) >= 11 is 4.68. The molecule has 3 aromatic rings. The number of halogens is 1. The number of nitrogens with one attached hydrogen (secondary N) is 1. The molecule has 0 aliphatic rings. The van der Waals surface area contributed by atoms with E-state index < -0.39 is 0 Å². The van der Waals surface area contributed by atoms with E-state index in [1.807, 2.05) is 18.2 Å². The summed E-state index contributed by atoms with van der Waals surface area (Å²) in [5.41, 5.74) is 0.594. The Hall–Kier alpha value is -2.18. The second kappa shape index (κ2) is 6.93. The van der Waals surface area contributed by atoms with Gasteiger partial charge in [0.2, 0.25) is 5.78 Å². The van der Waals surface area contributed by atoms with Crippen molar-refractivity contribution in [1.29, 1.82) is 0 Å². The van der Waals surface area contributed by atoms with E-state index in [0.29, 0.717) is 22.7 Å². The summed E-state index contributed by atoms with van der Waals surface area (Å²) in [5, 5.41) is 2.84. The fourth-order valence-corrected chi connectivity index (χ4v) is 3.15. The van der Waals surface area contributed by atoms with Crippen LogP contribution in [-0.2, 0) is 6.54 Å². The Balaban J connectivity index is 1.62. The fraction of sp³-hybridized carbons (Fsp3) is 0.0588. The van der Waals surface area contributed by atoms with Crippen LogP contribution in [0.2, 0.25) is 0 Å². The van der Waals surface area contributed by atoms with Crippen LogP contribution in [0.15, 0.2) is 63.7 Å². The first-order chi connectivity index (χ1) is 11.1. The molecule has 0 spiro atoms. The van der Waals surface area contributed by atoms with E-state index in [2.05, 4.69) is 21.2 Å². The molecule has 0 aliphatic heterocycles. The first-order valence-corrected chi connectivity index (χ1v) is 8.45. The summed E-state index contributed by atoms with van der Waals surface area (Å²) in [6.07, 6.45) is 1.47. The molecule has 6 heteroatoms. The Kier molecular flexibility index (Phi) is 4.73. The first kappa shape index (κ1) is 15.7. The van der Waals surface area contributed by atoms with Gasteiger partial charge in [0.05, 0.1) is 17.7 Å². The Morgan fingerprint density at radius 3 is 2.57 bits per heavy atom. The summed E-state index contributed by atoms with van der Waals surface area (Å²) in [4.78, 5) is 25.7. The Labute approximate surface area is 145 Å². The number of hydrogen-bond donors (Lipinski definition) is 1. The number of hydrogen-bond acceptors (Lipinski definition) is 4. The van der Waals surface area contributed by atoms with Crippen LogP contribution in [-0.4, -0.2) is 11.7 Å². The van der Waals surface area contributed by atoms with Crippen molar-refractivity contribution in [1.82, 2.24) is 5.32 Å². The van der Waals surface area contributed by atoms with Gasteiger partial charge in [-0.3, -0.25) is 9.59 Å². The normalized spacial score (nSPS) is 10.5. The van der Waals surface area contributed by atoms with E-state index in [0.717, 1.165) is 9.35 Å². The number of rotatable bonds is 5. The number of benzene rings is 1. The van der Waals surface area contributed by atoms with Crippen molar-refractivity contribution in [2.75, 3.05) is 0 Å². The Bertz CT molecular complexity index is 822. The molecule has 2 heterocycles. The maximum absolute atomic E-state index is 12.1. The summed E-state index contributed by atoms with van der Waals surface area (Å²) in [7, 11) is 0. The first-order valence-electron chi connectivity index (χ1n) is 6.84. The van der Waals surface area contributed by atoms with Crippen LogP contribution in [0.3, 0.4) is 0 Å². The zero-order chi connectivity index (χ0) is 16.2. The molecule has 3 rings (SSSR count). The molecule has 23 heavy (non-hydrogen) atoms. The Morgan fingerprint density at radius 2 is 1.87 bits per heavy atom.